The van der Waals surface area contributed by atoms with Gasteiger partial charge in [-0.2, -0.15) is 0 Å². The number of carbonyl (C=O) groups excluding carboxylic acids is 2. The molecule has 9 nitrogen and oxygen atoms in total. The van der Waals surface area contributed by atoms with E-state index in [0.29, 0.717) is 32.9 Å². The van der Waals surface area contributed by atoms with Gasteiger partial charge in [-0.1, -0.05) is 23.1 Å². The third kappa shape index (κ3) is 4.75. The molecular weight excluding hydrogens is 476 g/mol. The van der Waals surface area contributed by atoms with Crippen molar-refractivity contribution in [1.82, 2.24) is 9.97 Å². The van der Waals surface area contributed by atoms with Gasteiger partial charge < -0.3 is 19.5 Å². The molecule has 11 heteroatoms. The Labute approximate surface area is 202 Å². The second-order valence-corrected chi connectivity index (χ2v) is 9.06. The Kier molecular flexibility index (Phi) is 6.19. The smallest absolute Gasteiger partial charge is 0.260 e. The Hall–Kier alpha value is -3.83. The number of fused-ring (bicyclic) bond motifs is 2. The highest BCUT2D eigenvalue weighted by molar-refractivity contribution is 8.00. The number of amides is 2. The lowest BCUT2D eigenvalue weighted by molar-refractivity contribution is -0.113. The van der Waals surface area contributed by atoms with Crippen molar-refractivity contribution in [3.05, 3.63) is 60.3 Å². The van der Waals surface area contributed by atoms with Crippen molar-refractivity contribution >= 4 is 55.9 Å². The maximum absolute atomic E-state index is 12.9. The first-order valence-electron chi connectivity index (χ1n) is 10.1. The molecule has 1 aliphatic rings. The maximum Gasteiger partial charge on any atom is 0.260 e. The molecule has 5 rings (SSSR count). The fourth-order valence-corrected chi connectivity index (χ4v) is 4.91. The number of carbonyl (C=O) groups is 2. The summed E-state index contributed by atoms with van der Waals surface area (Å²) >= 11 is 2.53. The minimum atomic E-state index is -0.349. The molecule has 4 aromatic rings. The zero-order valence-corrected chi connectivity index (χ0v) is 19.5. The average molecular weight is 495 g/mol. The van der Waals surface area contributed by atoms with E-state index < -0.39 is 0 Å². The third-order valence-corrected chi connectivity index (χ3v) is 6.77. The highest BCUT2D eigenvalue weighted by Crippen LogP contribution is 2.34. The number of ether oxygens (including phenoxy) is 3. The van der Waals surface area contributed by atoms with Crippen molar-refractivity contribution < 1.29 is 23.8 Å². The molecule has 0 atom stereocenters. The molecule has 1 aliphatic heterocycles. The van der Waals surface area contributed by atoms with Gasteiger partial charge in [0, 0.05) is 18.0 Å². The van der Waals surface area contributed by atoms with E-state index in [-0.39, 0.29) is 24.4 Å². The lowest BCUT2D eigenvalue weighted by atomic mass is 10.3. The van der Waals surface area contributed by atoms with E-state index in [0.717, 1.165) is 16.0 Å². The quantitative estimate of drug-likeness (QED) is 0.364. The van der Waals surface area contributed by atoms with Gasteiger partial charge in [-0.3, -0.25) is 14.9 Å². The molecule has 2 N–H and O–H groups in total. The number of pyridine rings is 1. The number of aromatic nitrogens is 2. The van der Waals surface area contributed by atoms with Crippen LogP contribution in [0.1, 0.15) is 10.4 Å². The summed E-state index contributed by atoms with van der Waals surface area (Å²) in [6.07, 6.45) is 1.58. The van der Waals surface area contributed by atoms with Crippen LogP contribution in [0.2, 0.25) is 0 Å². The number of nitrogens with zero attached hydrogens (tertiary/aromatic N) is 2. The monoisotopic (exact) mass is 494 g/mol. The summed E-state index contributed by atoms with van der Waals surface area (Å²) < 4.78 is 16.7. The van der Waals surface area contributed by atoms with Gasteiger partial charge in [0.05, 0.1) is 28.6 Å². The fourth-order valence-electron chi connectivity index (χ4n) is 3.23. The molecule has 2 aromatic carbocycles. The first kappa shape index (κ1) is 22.0. The second kappa shape index (κ2) is 9.57. The minimum Gasteiger partial charge on any atom is -0.497 e. The summed E-state index contributed by atoms with van der Waals surface area (Å²) in [4.78, 5) is 34.1. The molecule has 0 radical (unpaired) electrons. The highest BCUT2D eigenvalue weighted by atomic mass is 32.2. The lowest BCUT2D eigenvalue weighted by Crippen LogP contribution is -2.16. The van der Waals surface area contributed by atoms with Crippen LogP contribution in [0, 0.1) is 0 Å². The zero-order valence-electron chi connectivity index (χ0n) is 17.9. The summed E-state index contributed by atoms with van der Waals surface area (Å²) in [5, 5.41) is 6.55. The van der Waals surface area contributed by atoms with E-state index >= 15 is 0 Å². The molecule has 3 heterocycles. The Morgan fingerprint density at radius 1 is 1.12 bits per heavy atom. The van der Waals surface area contributed by atoms with Crippen LogP contribution in [-0.4, -0.2) is 41.4 Å². The topological polar surface area (TPSA) is 112 Å². The SMILES string of the molecule is COc1ccc2nc(NC(=O)c3cccnc3SCC(=O)Nc3ccc4c(c3)OCO4)sc2c1. The molecule has 0 saturated heterocycles. The predicted molar refractivity (Wildman–Crippen MR) is 130 cm³/mol. The largest absolute Gasteiger partial charge is 0.497 e. The van der Waals surface area contributed by atoms with E-state index in [1.54, 1.807) is 43.6 Å². The standard InChI is InChI=1S/C23H18N4O5S2/c1-30-14-5-6-16-19(10-14)34-23(26-16)27-21(29)15-3-2-8-24-22(15)33-11-20(28)25-13-4-7-17-18(9-13)32-12-31-17/h2-10H,11-12H2,1H3,(H,25,28)(H,26,27,29). The average Bonchev–Trinajstić information content (AvgIpc) is 3.48. The van der Waals surface area contributed by atoms with Crippen LogP contribution in [0.4, 0.5) is 10.8 Å². The Morgan fingerprint density at radius 2 is 2.00 bits per heavy atom. The summed E-state index contributed by atoms with van der Waals surface area (Å²) in [6, 6.07) is 14.0. The Morgan fingerprint density at radius 3 is 2.88 bits per heavy atom. The second-order valence-electron chi connectivity index (χ2n) is 7.07. The number of thiazole rings is 1. The van der Waals surface area contributed by atoms with Gasteiger partial charge in [0.1, 0.15) is 10.8 Å². The molecule has 0 bridgehead atoms. The molecule has 2 aromatic heterocycles. The van der Waals surface area contributed by atoms with Gasteiger partial charge in [-0.05, 0) is 42.5 Å². The first-order valence-corrected chi connectivity index (χ1v) is 11.9. The van der Waals surface area contributed by atoms with E-state index in [1.807, 2.05) is 18.2 Å². The molecule has 0 aliphatic carbocycles. The molecule has 0 fully saturated rings. The van der Waals surface area contributed by atoms with Gasteiger partial charge >= 0.3 is 0 Å². The molecule has 34 heavy (non-hydrogen) atoms. The van der Waals surface area contributed by atoms with E-state index in [1.165, 1.54) is 23.1 Å². The van der Waals surface area contributed by atoms with Crippen molar-refractivity contribution in [2.75, 3.05) is 30.3 Å². The first-order chi connectivity index (χ1) is 16.6. The van der Waals surface area contributed by atoms with Crippen LogP contribution in [0.15, 0.2) is 59.8 Å². The molecule has 0 spiro atoms. The summed E-state index contributed by atoms with van der Waals surface area (Å²) in [5.74, 6) is 1.44. The summed E-state index contributed by atoms with van der Waals surface area (Å²) in [7, 11) is 1.60. The zero-order chi connectivity index (χ0) is 23.5. The predicted octanol–water partition coefficient (Wildman–Crippen LogP) is 4.41. The van der Waals surface area contributed by atoms with Crippen molar-refractivity contribution in [1.29, 1.82) is 0 Å². The number of nitrogens with one attached hydrogen (secondary N) is 2. The Bertz CT molecular complexity index is 1390. The Balaban J connectivity index is 1.24. The van der Waals surface area contributed by atoms with E-state index in [4.69, 9.17) is 14.2 Å². The summed E-state index contributed by atoms with van der Waals surface area (Å²) in [5.41, 5.74) is 1.73. The van der Waals surface area contributed by atoms with Crippen LogP contribution >= 0.6 is 23.1 Å². The van der Waals surface area contributed by atoms with Crippen LogP contribution in [0.5, 0.6) is 17.2 Å². The van der Waals surface area contributed by atoms with Gasteiger partial charge in [0.15, 0.2) is 16.6 Å². The molecule has 2 amide bonds. The van der Waals surface area contributed by atoms with Gasteiger partial charge in [-0.15, -0.1) is 0 Å². The molecule has 0 saturated carbocycles. The lowest BCUT2D eigenvalue weighted by Gasteiger charge is -2.08. The number of anilines is 2. The van der Waals surface area contributed by atoms with Crippen LogP contribution in [-0.2, 0) is 4.79 Å². The van der Waals surface area contributed by atoms with E-state index in [2.05, 4.69) is 20.6 Å². The molecule has 0 unspecified atom stereocenters. The number of benzene rings is 2. The van der Waals surface area contributed by atoms with Crippen molar-refractivity contribution in [3.8, 4) is 17.2 Å². The number of thioether (sulfide) groups is 1. The number of rotatable bonds is 7. The third-order valence-electron chi connectivity index (χ3n) is 4.83. The van der Waals surface area contributed by atoms with E-state index in [9.17, 15) is 9.59 Å². The number of hydrogen-bond donors (Lipinski definition) is 2. The van der Waals surface area contributed by atoms with Crippen molar-refractivity contribution in [2.24, 2.45) is 0 Å². The summed E-state index contributed by atoms with van der Waals surface area (Å²) in [6.45, 7) is 0.165. The molecular formula is C23H18N4O5S2. The maximum atomic E-state index is 12.9. The normalized spacial score (nSPS) is 11.9. The van der Waals surface area contributed by atoms with Crippen molar-refractivity contribution in [3.63, 3.8) is 0 Å². The molecule has 172 valence electrons. The highest BCUT2D eigenvalue weighted by Gasteiger charge is 2.18. The van der Waals surface area contributed by atoms with Crippen LogP contribution in [0.3, 0.4) is 0 Å². The fraction of sp³-hybridized carbons (Fsp3) is 0.130. The number of methoxy groups -OCH3 is 1. The van der Waals surface area contributed by atoms with Gasteiger partial charge in [-0.25, -0.2) is 9.97 Å². The van der Waals surface area contributed by atoms with Gasteiger partial charge in [0.25, 0.3) is 5.91 Å². The van der Waals surface area contributed by atoms with Crippen LogP contribution in [0.25, 0.3) is 10.2 Å². The van der Waals surface area contributed by atoms with Crippen molar-refractivity contribution in [2.45, 2.75) is 5.03 Å². The van der Waals surface area contributed by atoms with Crippen LogP contribution < -0.4 is 24.8 Å². The number of hydrogen-bond acceptors (Lipinski definition) is 9. The van der Waals surface area contributed by atoms with Gasteiger partial charge in [0.2, 0.25) is 12.7 Å². The minimum absolute atomic E-state index is 0.0761.